The third kappa shape index (κ3) is 3.81. The van der Waals surface area contributed by atoms with Crippen molar-refractivity contribution in [2.24, 2.45) is 0 Å². The Morgan fingerprint density at radius 3 is 2.16 bits per heavy atom. The molecule has 0 radical (unpaired) electrons. The lowest BCUT2D eigenvalue weighted by molar-refractivity contribution is -0.134. The number of benzene rings is 2. The molecule has 2 rings (SSSR count). The van der Waals surface area contributed by atoms with Crippen LogP contribution in [0.15, 0.2) is 66.7 Å². The van der Waals surface area contributed by atoms with Crippen molar-refractivity contribution in [2.45, 2.75) is 6.42 Å². The molecule has 0 bridgehead atoms. The van der Waals surface area contributed by atoms with Crippen LogP contribution in [0.2, 0.25) is 0 Å². The van der Waals surface area contributed by atoms with Gasteiger partial charge in [-0.3, -0.25) is 0 Å². The largest absolute Gasteiger partial charge is 0.466 e. The second kappa shape index (κ2) is 6.55. The number of esters is 1. The van der Waals surface area contributed by atoms with Crippen LogP contribution in [-0.4, -0.2) is 13.1 Å². The topological polar surface area (TPSA) is 26.3 Å². The van der Waals surface area contributed by atoms with Gasteiger partial charge in [0, 0.05) is 6.08 Å². The highest BCUT2D eigenvalue weighted by molar-refractivity contribution is 5.91. The summed E-state index contributed by atoms with van der Waals surface area (Å²) in [7, 11) is 1.39. The van der Waals surface area contributed by atoms with Crippen molar-refractivity contribution in [3.8, 4) is 0 Å². The minimum Gasteiger partial charge on any atom is -0.466 e. The van der Waals surface area contributed by atoms with Gasteiger partial charge in [-0.15, -0.1) is 0 Å². The van der Waals surface area contributed by atoms with E-state index in [0.717, 1.165) is 11.1 Å². The summed E-state index contributed by atoms with van der Waals surface area (Å²) in [4.78, 5) is 11.5. The van der Waals surface area contributed by atoms with E-state index in [0.29, 0.717) is 6.42 Å². The Kier molecular flexibility index (Phi) is 4.51. The number of hydrogen-bond donors (Lipinski definition) is 0. The molecule has 0 aromatic heterocycles. The van der Waals surface area contributed by atoms with Crippen LogP contribution in [0.3, 0.4) is 0 Å². The summed E-state index contributed by atoms with van der Waals surface area (Å²) >= 11 is 0. The first-order valence-electron chi connectivity index (χ1n) is 6.17. The van der Waals surface area contributed by atoms with Gasteiger partial charge in [0.15, 0.2) is 0 Å². The summed E-state index contributed by atoms with van der Waals surface area (Å²) in [5.41, 5.74) is 3.16. The van der Waals surface area contributed by atoms with Crippen LogP contribution < -0.4 is 0 Å². The molecule has 0 saturated carbocycles. The summed E-state index contributed by atoms with van der Waals surface area (Å²) in [6, 6.07) is 20.0. The van der Waals surface area contributed by atoms with Crippen LogP contribution in [0.4, 0.5) is 0 Å². The molecular weight excluding hydrogens is 236 g/mol. The second-order valence-electron chi connectivity index (χ2n) is 4.22. The Bertz CT molecular complexity index is 556. The van der Waals surface area contributed by atoms with E-state index >= 15 is 0 Å². The lowest BCUT2D eigenvalue weighted by atomic mass is 9.98. The molecule has 0 fully saturated rings. The first kappa shape index (κ1) is 13.1. The van der Waals surface area contributed by atoms with Crippen LogP contribution in [0.1, 0.15) is 11.1 Å². The average molecular weight is 252 g/mol. The van der Waals surface area contributed by atoms with E-state index in [4.69, 9.17) is 4.74 Å². The van der Waals surface area contributed by atoms with Crippen molar-refractivity contribution in [1.82, 2.24) is 0 Å². The zero-order valence-electron chi connectivity index (χ0n) is 10.9. The first-order chi connectivity index (χ1) is 9.29. The molecular formula is C17H16O2. The van der Waals surface area contributed by atoms with Crippen LogP contribution in [-0.2, 0) is 16.0 Å². The molecule has 0 aliphatic carbocycles. The van der Waals surface area contributed by atoms with Crippen molar-refractivity contribution >= 4 is 11.5 Å². The van der Waals surface area contributed by atoms with Crippen LogP contribution >= 0.6 is 0 Å². The Labute approximate surface area is 113 Å². The van der Waals surface area contributed by atoms with Crippen LogP contribution in [0.5, 0.6) is 0 Å². The Morgan fingerprint density at radius 2 is 1.58 bits per heavy atom. The molecule has 2 heteroatoms. The van der Waals surface area contributed by atoms with Crippen LogP contribution in [0.25, 0.3) is 5.57 Å². The fraction of sp³-hybridized carbons (Fsp3) is 0.118. The van der Waals surface area contributed by atoms with Crippen molar-refractivity contribution in [3.63, 3.8) is 0 Å². The van der Waals surface area contributed by atoms with Gasteiger partial charge < -0.3 is 4.74 Å². The van der Waals surface area contributed by atoms with E-state index < -0.39 is 0 Å². The lowest BCUT2D eigenvalue weighted by Crippen LogP contribution is -1.99. The van der Waals surface area contributed by atoms with E-state index in [1.165, 1.54) is 12.7 Å². The van der Waals surface area contributed by atoms with Gasteiger partial charge in [-0.25, -0.2) is 4.79 Å². The number of hydrogen-bond acceptors (Lipinski definition) is 2. The molecule has 96 valence electrons. The lowest BCUT2D eigenvalue weighted by Gasteiger charge is -2.08. The highest BCUT2D eigenvalue weighted by Gasteiger charge is 2.06. The molecule has 0 atom stereocenters. The predicted octanol–water partition coefficient (Wildman–Crippen LogP) is 3.49. The van der Waals surface area contributed by atoms with Gasteiger partial charge in [0.2, 0.25) is 0 Å². The molecule has 0 N–H and O–H groups in total. The predicted molar refractivity (Wildman–Crippen MR) is 76.6 cm³/mol. The smallest absolute Gasteiger partial charge is 0.330 e. The fourth-order valence-corrected chi connectivity index (χ4v) is 1.91. The zero-order valence-corrected chi connectivity index (χ0v) is 10.9. The molecule has 0 heterocycles. The van der Waals surface area contributed by atoms with E-state index in [1.807, 2.05) is 60.7 Å². The van der Waals surface area contributed by atoms with Crippen molar-refractivity contribution in [1.29, 1.82) is 0 Å². The molecule has 0 spiro atoms. The summed E-state index contributed by atoms with van der Waals surface area (Å²) in [5.74, 6) is -0.324. The van der Waals surface area contributed by atoms with Gasteiger partial charge in [-0.1, -0.05) is 60.7 Å². The maximum atomic E-state index is 11.5. The normalized spacial score (nSPS) is 11.1. The number of carbonyl (C=O) groups is 1. The van der Waals surface area contributed by atoms with E-state index in [-0.39, 0.29) is 5.97 Å². The highest BCUT2D eigenvalue weighted by atomic mass is 16.5. The Morgan fingerprint density at radius 1 is 1.00 bits per heavy atom. The maximum Gasteiger partial charge on any atom is 0.330 e. The van der Waals surface area contributed by atoms with E-state index in [2.05, 4.69) is 0 Å². The third-order valence-electron chi connectivity index (χ3n) is 2.88. The molecule has 0 aliphatic heterocycles. The van der Waals surface area contributed by atoms with Gasteiger partial charge in [-0.2, -0.15) is 0 Å². The van der Waals surface area contributed by atoms with Crippen LogP contribution in [0, 0.1) is 0 Å². The standard InChI is InChI=1S/C17H16O2/c1-19-17(18)13-16(15-10-6-3-7-11-15)12-14-8-4-2-5-9-14/h2-11,13H,12H2,1H3/b16-13+. The minimum absolute atomic E-state index is 0.324. The number of ether oxygens (including phenoxy) is 1. The summed E-state index contributed by atoms with van der Waals surface area (Å²) in [5, 5.41) is 0. The number of methoxy groups -OCH3 is 1. The summed E-state index contributed by atoms with van der Waals surface area (Å²) < 4.78 is 4.72. The van der Waals surface area contributed by atoms with Gasteiger partial charge in [0.1, 0.15) is 0 Å². The number of carbonyl (C=O) groups excluding carboxylic acids is 1. The molecule has 2 aromatic carbocycles. The Balaban J connectivity index is 2.30. The molecule has 2 nitrogen and oxygen atoms in total. The molecule has 0 amide bonds. The van der Waals surface area contributed by atoms with Gasteiger partial charge in [0.05, 0.1) is 7.11 Å². The SMILES string of the molecule is COC(=O)/C=C(\Cc1ccccc1)c1ccccc1. The molecule has 2 aromatic rings. The molecule has 0 unspecified atom stereocenters. The Hall–Kier alpha value is -2.35. The molecule has 0 saturated heterocycles. The van der Waals surface area contributed by atoms with E-state index in [1.54, 1.807) is 6.08 Å². The summed E-state index contributed by atoms with van der Waals surface area (Å²) in [6.07, 6.45) is 2.27. The zero-order chi connectivity index (χ0) is 13.5. The van der Waals surface area contributed by atoms with Gasteiger partial charge >= 0.3 is 5.97 Å². The maximum absolute atomic E-state index is 11.5. The van der Waals surface area contributed by atoms with E-state index in [9.17, 15) is 4.79 Å². The van der Waals surface area contributed by atoms with Crippen molar-refractivity contribution < 1.29 is 9.53 Å². The quantitative estimate of drug-likeness (QED) is 0.615. The number of rotatable bonds is 4. The fourth-order valence-electron chi connectivity index (χ4n) is 1.91. The minimum atomic E-state index is -0.324. The molecule has 0 aliphatic rings. The van der Waals surface area contributed by atoms with Gasteiger partial charge in [0.25, 0.3) is 0 Å². The monoisotopic (exact) mass is 252 g/mol. The summed E-state index contributed by atoms with van der Waals surface area (Å²) in [6.45, 7) is 0. The van der Waals surface area contributed by atoms with Gasteiger partial charge in [-0.05, 0) is 23.1 Å². The van der Waals surface area contributed by atoms with Crippen molar-refractivity contribution in [2.75, 3.05) is 7.11 Å². The number of allylic oxidation sites excluding steroid dienone is 1. The second-order valence-corrected chi connectivity index (χ2v) is 4.22. The third-order valence-corrected chi connectivity index (χ3v) is 2.88. The highest BCUT2D eigenvalue weighted by Crippen LogP contribution is 2.19. The van der Waals surface area contributed by atoms with Crippen molar-refractivity contribution in [3.05, 3.63) is 77.9 Å². The molecule has 19 heavy (non-hydrogen) atoms. The average Bonchev–Trinajstić information content (AvgIpc) is 2.48. The first-order valence-corrected chi connectivity index (χ1v) is 6.17.